The zero-order valence-electron chi connectivity index (χ0n) is 13.5. The van der Waals surface area contributed by atoms with Gasteiger partial charge in [0.2, 0.25) is 0 Å². The molecule has 2 nitrogen and oxygen atoms in total. The lowest BCUT2D eigenvalue weighted by atomic mass is 9.73. The lowest BCUT2D eigenvalue weighted by Crippen LogP contribution is -2.31. The lowest BCUT2D eigenvalue weighted by Gasteiger charge is -2.36. The minimum atomic E-state index is 0.121. The highest BCUT2D eigenvalue weighted by molar-refractivity contribution is 5.72. The van der Waals surface area contributed by atoms with Crippen molar-refractivity contribution in [1.29, 1.82) is 0 Å². The molecule has 0 radical (unpaired) electrons. The summed E-state index contributed by atoms with van der Waals surface area (Å²) in [7, 11) is 0. The quantitative estimate of drug-likeness (QED) is 0.664. The number of hydrogen-bond donors (Lipinski definition) is 0. The molecule has 0 unspecified atom stereocenters. The first-order chi connectivity index (χ1) is 10.3. The Hall–Kier alpha value is -0.530. The normalized spacial score (nSPS) is 32.8. The molecule has 0 N–H and O–H groups in total. The van der Waals surface area contributed by atoms with Crippen molar-refractivity contribution in [2.75, 3.05) is 0 Å². The van der Waals surface area contributed by atoms with E-state index in [1.807, 2.05) is 0 Å². The van der Waals surface area contributed by atoms with Gasteiger partial charge in [-0.25, -0.2) is 0 Å². The summed E-state index contributed by atoms with van der Waals surface area (Å²) in [5, 5.41) is 0. The maximum Gasteiger partial charge on any atom is 0.309 e. The van der Waals surface area contributed by atoms with Crippen molar-refractivity contribution in [3.8, 4) is 0 Å². The van der Waals surface area contributed by atoms with Crippen LogP contribution in [-0.4, -0.2) is 12.1 Å². The number of carbonyl (C=O) groups excluding carboxylic acids is 1. The van der Waals surface area contributed by atoms with Crippen molar-refractivity contribution in [3.63, 3.8) is 0 Å². The van der Waals surface area contributed by atoms with E-state index in [1.54, 1.807) is 0 Å². The van der Waals surface area contributed by atoms with Crippen molar-refractivity contribution in [2.45, 2.75) is 96.0 Å². The molecule has 21 heavy (non-hydrogen) atoms. The zero-order valence-corrected chi connectivity index (χ0v) is 13.5. The van der Waals surface area contributed by atoms with Gasteiger partial charge in [0.25, 0.3) is 0 Å². The molecule has 0 spiro atoms. The Kier molecular flexibility index (Phi) is 5.60. The molecule has 120 valence electrons. The summed E-state index contributed by atoms with van der Waals surface area (Å²) in [6.45, 7) is 0. The maximum atomic E-state index is 12.2. The van der Waals surface area contributed by atoms with Crippen LogP contribution in [0.2, 0.25) is 0 Å². The van der Waals surface area contributed by atoms with Gasteiger partial charge in [0.05, 0.1) is 5.92 Å². The maximum absolute atomic E-state index is 12.2. The summed E-state index contributed by atoms with van der Waals surface area (Å²) in [5.74, 6) is 2.24. The molecule has 3 aliphatic carbocycles. The Morgan fingerprint density at radius 3 is 1.76 bits per heavy atom. The SMILES string of the molecule is O=C(OC1CCC(C2CCCCC2)CC1)C1CCCCC1. The van der Waals surface area contributed by atoms with Crippen LogP contribution in [0.1, 0.15) is 89.9 Å². The average molecular weight is 292 g/mol. The van der Waals surface area contributed by atoms with Crippen LogP contribution in [0.25, 0.3) is 0 Å². The van der Waals surface area contributed by atoms with E-state index in [-0.39, 0.29) is 18.0 Å². The van der Waals surface area contributed by atoms with E-state index in [0.717, 1.165) is 37.5 Å². The van der Waals surface area contributed by atoms with Crippen LogP contribution in [-0.2, 0) is 9.53 Å². The first kappa shape index (κ1) is 15.4. The van der Waals surface area contributed by atoms with Gasteiger partial charge in [-0.1, -0.05) is 51.4 Å². The van der Waals surface area contributed by atoms with Gasteiger partial charge in [0.15, 0.2) is 0 Å². The van der Waals surface area contributed by atoms with Crippen LogP contribution in [0, 0.1) is 17.8 Å². The lowest BCUT2D eigenvalue weighted by molar-refractivity contribution is -0.157. The van der Waals surface area contributed by atoms with Crippen molar-refractivity contribution in [2.24, 2.45) is 17.8 Å². The Labute approximate surface area is 130 Å². The van der Waals surface area contributed by atoms with Gasteiger partial charge < -0.3 is 4.74 Å². The van der Waals surface area contributed by atoms with Crippen LogP contribution < -0.4 is 0 Å². The first-order valence-electron chi connectivity index (χ1n) is 9.53. The predicted octanol–water partition coefficient (Wildman–Crippen LogP) is 5.25. The van der Waals surface area contributed by atoms with Crippen molar-refractivity contribution in [3.05, 3.63) is 0 Å². The summed E-state index contributed by atoms with van der Waals surface area (Å²) < 4.78 is 5.83. The predicted molar refractivity (Wildman–Crippen MR) is 85.0 cm³/mol. The standard InChI is InChI=1S/C19H32O2/c20-19(17-9-5-2-6-10-17)21-18-13-11-16(12-14-18)15-7-3-1-4-8-15/h15-18H,1-14H2. The van der Waals surface area contributed by atoms with Crippen LogP contribution in [0.4, 0.5) is 0 Å². The molecule has 0 aromatic rings. The van der Waals surface area contributed by atoms with Gasteiger partial charge in [-0.05, 0) is 50.4 Å². The summed E-state index contributed by atoms with van der Waals surface area (Å²) in [4.78, 5) is 12.2. The molecule has 2 heteroatoms. The second-order valence-electron chi connectivity index (χ2n) is 7.71. The minimum Gasteiger partial charge on any atom is -0.462 e. The monoisotopic (exact) mass is 292 g/mol. The molecule has 0 bridgehead atoms. The summed E-state index contributed by atoms with van der Waals surface area (Å²) >= 11 is 0. The van der Waals surface area contributed by atoms with E-state index in [9.17, 15) is 4.79 Å². The van der Waals surface area contributed by atoms with Gasteiger partial charge in [0, 0.05) is 0 Å². The van der Waals surface area contributed by atoms with Gasteiger partial charge in [0.1, 0.15) is 6.10 Å². The smallest absolute Gasteiger partial charge is 0.309 e. The van der Waals surface area contributed by atoms with Crippen LogP contribution >= 0.6 is 0 Å². The fourth-order valence-electron chi connectivity index (χ4n) is 4.88. The Bertz CT molecular complexity index is 318. The second-order valence-corrected chi connectivity index (χ2v) is 7.71. The second kappa shape index (κ2) is 7.65. The molecule has 3 saturated carbocycles. The number of esters is 1. The van der Waals surface area contributed by atoms with E-state index in [1.165, 1.54) is 64.2 Å². The molecule has 3 aliphatic rings. The molecule has 3 rings (SSSR count). The van der Waals surface area contributed by atoms with Gasteiger partial charge >= 0.3 is 5.97 Å². The molecule has 0 aromatic carbocycles. The van der Waals surface area contributed by atoms with E-state index < -0.39 is 0 Å². The first-order valence-corrected chi connectivity index (χ1v) is 9.53. The number of carbonyl (C=O) groups is 1. The third-order valence-corrected chi connectivity index (χ3v) is 6.26. The molecule has 3 fully saturated rings. The van der Waals surface area contributed by atoms with E-state index in [0.29, 0.717) is 0 Å². The minimum absolute atomic E-state index is 0.121. The molecule has 0 heterocycles. The number of rotatable bonds is 3. The van der Waals surface area contributed by atoms with E-state index >= 15 is 0 Å². The highest BCUT2D eigenvalue weighted by atomic mass is 16.5. The fraction of sp³-hybridized carbons (Fsp3) is 0.947. The van der Waals surface area contributed by atoms with Crippen molar-refractivity contribution < 1.29 is 9.53 Å². The molecule has 0 amide bonds. The zero-order chi connectivity index (χ0) is 14.5. The van der Waals surface area contributed by atoms with Crippen molar-refractivity contribution >= 4 is 5.97 Å². The third-order valence-electron chi connectivity index (χ3n) is 6.26. The van der Waals surface area contributed by atoms with Crippen LogP contribution in [0.3, 0.4) is 0 Å². The molecular formula is C19H32O2. The molecular weight excluding hydrogens is 260 g/mol. The highest BCUT2D eigenvalue weighted by Gasteiger charge is 2.31. The Morgan fingerprint density at radius 1 is 0.619 bits per heavy atom. The van der Waals surface area contributed by atoms with E-state index in [4.69, 9.17) is 4.74 Å². The van der Waals surface area contributed by atoms with Crippen molar-refractivity contribution in [1.82, 2.24) is 0 Å². The fourth-order valence-corrected chi connectivity index (χ4v) is 4.88. The van der Waals surface area contributed by atoms with E-state index in [2.05, 4.69) is 0 Å². The topological polar surface area (TPSA) is 26.3 Å². The van der Waals surface area contributed by atoms with Gasteiger partial charge in [-0.15, -0.1) is 0 Å². The Morgan fingerprint density at radius 2 is 1.14 bits per heavy atom. The summed E-state index contributed by atoms with van der Waals surface area (Å²) in [6, 6.07) is 0. The van der Waals surface area contributed by atoms with Gasteiger partial charge in [-0.3, -0.25) is 4.79 Å². The number of ether oxygens (including phenoxy) is 1. The Balaban J connectivity index is 1.39. The average Bonchev–Trinajstić information content (AvgIpc) is 2.57. The highest BCUT2D eigenvalue weighted by Crippen LogP contribution is 2.39. The number of hydrogen-bond acceptors (Lipinski definition) is 2. The van der Waals surface area contributed by atoms with Gasteiger partial charge in [-0.2, -0.15) is 0 Å². The van der Waals surface area contributed by atoms with Crippen LogP contribution in [0.15, 0.2) is 0 Å². The van der Waals surface area contributed by atoms with Crippen LogP contribution in [0.5, 0.6) is 0 Å². The molecule has 0 aromatic heterocycles. The summed E-state index contributed by atoms with van der Waals surface area (Å²) in [5.41, 5.74) is 0. The largest absolute Gasteiger partial charge is 0.462 e. The summed E-state index contributed by atoms with van der Waals surface area (Å²) in [6.07, 6.45) is 18.2. The third kappa shape index (κ3) is 4.23. The molecule has 0 aliphatic heterocycles. The molecule has 0 atom stereocenters. The molecule has 0 saturated heterocycles.